The first-order chi connectivity index (χ1) is 8.25. The average Bonchev–Trinajstić information content (AvgIpc) is 2.62. The normalized spacial score (nSPS) is 14.3. The van der Waals surface area contributed by atoms with Gasteiger partial charge in [0.1, 0.15) is 5.76 Å². The molecule has 1 aromatic rings. The number of hydrogen-bond acceptors (Lipinski definition) is 4. The molecule has 0 saturated carbocycles. The summed E-state index contributed by atoms with van der Waals surface area (Å²) in [5.41, 5.74) is -1.09. The van der Waals surface area contributed by atoms with Crippen LogP contribution in [0.4, 0.5) is 5.82 Å². The maximum absolute atomic E-state index is 11.8. The highest BCUT2D eigenvalue weighted by molar-refractivity contribution is 5.93. The first-order valence-corrected chi connectivity index (χ1v) is 5.72. The van der Waals surface area contributed by atoms with Crippen LogP contribution in [0.25, 0.3) is 0 Å². The summed E-state index contributed by atoms with van der Waals surface area (Å²) in [6, 6.07) is 1.57. The maximum atomic E-state index is 11.8. The van der Waals surface area contributed by atoms with Crippen LogP contribution >= 0.6 is 0 Å². The van der Waals surface area contributed by atoms with Crippen molar-refractivity contribution in [2.45, 2.75) is 34.1 Å². The fourth-order valence-corrected chi connectivity index (χ4v) is 1.47. The van der Waals surface area contributed by atoms with Gasteiger partial charge in [-0.2, -0.15) is 0 Å². The topological polar surface area (TPSA) is 92.4 Å². The van der Waals surface area contributed by atoms with Crippen LogP contribution in [0, 0.1) is 18.3 Å². The van der Waals surface area contributed by atoms with E-state index in [-0.39, 0.29) is 18.2 Å². The zero-order valence-electron chi connectivity index (χ0n) is 11.0. The fraction of sp³-hybridized carbons (Fsp3) is 0.583. The second-order valence-electron chi connectivity index (χ2n) is 4.93. The van der Waals surface area contributed by atoms with Crippen molar-refractivity contribution in [3.63, 3.8) is 0 Å². The van der Waals surface area contributed by atoms with Gasteiger partial charge in [0, 0.05) is 12.5 Å². The van der Waals surface area contributed by atoms with Crippen LogP contribution in [-0.4, -0.2) is 22.1 Å². The first kappa shape index (κ1) is 14.2. The van der Waals surface area contributed by atoms with Crippen LogP contribution < -0.4 is 5.32 Å². The summed E-state index contributed by atoms with van der Waals surface area (Å²) in [5.74, 6) is -0.644. The summed E-state index contributed by atoms with van der Waals surface area (Å²) >= 11 is 0. The number of nitrogens with one attached hydrogen (secondary N) is 1. The van der Waals surface area contributed by atoms with Gasteiger partial charge in [-0.05, 0) is 19.8 Å². The van der Waals surface area contributed by atoms with Gasteiger partial charge >= 0.3 is 5.97 Å². The molecule has 0 aliphatic carbocycles. The number of aryl methyl sites for hydroxylation is 1. The molecule has 0 bridgehead atoms. The molecule has 6 nitrogen and oxygen atoms in total. The van der Waals surface area contributed by atoms with E-state index < -0.39 is 11.4 Å². The van der Waals surface area contributed by atoms with Gasteiger partial charge < -0.3 is 14.9 Å². The highest BCUT2D eigenvalue weighted by Gasteiger charge is 2.38. The lowest BCUT2D eigenvalue weighted by Gasteiger charge is -2.28. The molecule has 18 heavy (non-hydrogen) atoms. The van der Waals surface area contributed by atoms with Crippen LogP contribution in [0.1, 0.15) is 33.0 Å². The molecule has 1 atom stereocenters. The van der Waals surface area contributed by atoms with E-state index in [2.05, 4.69) is 10.5 Å². The van der Waals surface area contributed by atoms with Gasteiger partial charge in [-0.1, -0.05) is 19.0 Å². The predicted octanol–water partition coefficient (Wildman–Crippen LogP) is 2.06. The largest absolute Gasteiger partial charge is 0.481 e. The first-order valence-electron chi connectivity index (χ1n) is 5.72. The second-order valence-corrected chi connectivity index (χ2v) is 4.93. The molecule has 1 heterocycles. The number of aromatic nitrogens is 1. The molecule has 1 amide bonds. The molecule has 1 rings (SSSR count). The van der Waals surface area contributed by atoms with Gasteiger partial charge in [-0.3, -0.25) is 9.59 Å². The Bertz CT molecular complexity index is 453. The number of carbonyl (C=O) groups excluding carboxylic acids is 1. The minimum atomic E-state index is -1.09. The Kier molecular flexibility index (Phi) is 4.11. The monoisotopic (exact) mass is 254 g/mol. The third-order valence-electron chi connectivity index (χ3n) is 3.19. The van der Waals surface area contributed by atoms with Crippen molar-refractivity contribution in [1.82, 2.24) is 5.16 Å². The Labute approximate surface area is 105 Å². The quantitative estimate of drug-likeness (QED) is 0.839. The Morgan fingerprint density at radius 1 is 1.56 bits per heavy atom. The Morgan fingerprint density at radius 3 is 2.56 bits per heavy atom. The number of nitrogens with zero attached hydrogens (tertiary/aromatic N) is 1. The Morgan fingerprint density at radius 2 is 2.17 bits per heavy atom. The number of rotatable bonds is 5. The average molecular weight is 254 g/mol. The molecular weight excluding hydrogens is 236 g/mol. The number of carboxylic acid groups (broad SMARTS) is 1. The third kappa shape index (κ3) is 3.09. The van der Waals surface area contributed by atoms with Crippen LogP contribution in [0.5, 0.6) is 0 Å². The van der Waals surface area contributed by atoms with Crippen molar-refractivity contribution in [3.05, 3.63) is 11.8 Å². The van der Waals surface area contributed by atoms with E-state index in [9.17, 15) is 14.7 Å². The number of carbonyl (C=O) groups is 2. The number of anilines is 1. The molecule has 2 N–H and O–H groups in total. The molecule has 0 fully saturated rings. The molecule has 100 valence electrons. The number of hydrogen-bond donors (Lipinski definition) is 2. The van der Waals surface area contributed by atoms with E-state index in [1.807, 2.05) is 0 Å². The SMILES string of the molecule is Cc1cc(NC(=O)CC(C)(C(=O)O)C(C)C)no1. The van der Waals surface area contributed by atoms with Gasteiger partial charge in [-0.15, -0.1) is 0 Å². The van der Waals surface area contributed by atoms with Gasteiger partial charge in [0.25, 0.3) is 0 Å². The van der Waals surface area contributed by atoms with E-state index in [1.54, 1.807) is 33.8 Å². The standard InChI is InChI=1S/C12H18N2O4/c1-7(2)12(4,11(16)17)6-10(15)13-9-5-8(3)18-14-9/h5,7H,6H2,1-4H3,(H,16,17)(H,13,14,15). The van der Waals surface area contributed by atoms with Gasteiger partial charge in [-0.25, -0.2) is 0 Å². The van der Waals surface area contributed by atoms with Gasteiger partial charge in [0.2, 0.25) is 5.91 Å². The molecule has 0 saturated heterocycles. The Balaban J connectivity index is 2.71. The minimum absolute atomic E-state index is 0.105. The number of amides is 1. The second kappa shape index (κ2) is 5.20. The van der Waals surface area contributed by atoms with E-state index >= 15 is 0 Å². The van der Waals surface area contributed by atoms with Crippen molar-refractivity contribution in [2.24, 2.45) is 11.3 Å². The van der Waals surface area contributed by atoms with Crippen LogP contribution in [0.15, 0.2) is 10.6 Å². The van der Waals surface area contributed by atoms with E-state index in [1.165, 1.54) is 0 Å². The number of carboxylic acids is 1. The van der Waals surface area contributed by atoms with Crippen LogP contribution in [0.2, 0.25) is 0 Å². The van der Waals surface area contributed by atoms with Crippen LogP contribution in [-0.2, 0) is 9.59 Å². The van der Waals surface area contributed by atoms with Crippen LogP contribution in [0.3, 0.4) is 0 Å². The van der Waals surface area contributed by atoms with Crippen molar-refractivity contribution >= 4 is 17.7 Å². The van der Waals surface area contributed by atoms with Crippen molar-refractivity contribution in [1.29, 1.82) is 0 Å². The summed E-state index contributed by atoms with van der Waals surface area (Å²) in [4.78, 5) is 23.0. The highest BCUT2D eigenvalue weighted by Crippen LogP contribution is 2.31. The van der Waals surface area contributed by atoms with Crippen molar-refractivity contribution < 1.29 is 19.2 Å². The molecule has 0 radical (unpaired) electrons. The highest BCUT2D eigenvalue weighted by atomic mass is 16.5. The molecule has 6 heteroatoms. The molecule has 1 aromatic heterocycles. The van der Waals surface area contributed by atoms with E-state index in [0.717, 1.165) is 0 Å². The molecular formula is C12H18N2O4. The zero-order valence-corrected chi connectivity index (χ0v) is 11.0. The lowest BCUT2D eigenvalue weighted by molar-refractivity contribution is -0.153. The van der Waals surface area contributed by atoms with E-state index in [0.29, 0.717) is 11.6 Å². The molecule has 1 unspecified atom stereocenters. The smallest absolute Gasteiger partial charge is 0.310 e. The summed E-state index contributed by atoms with van der Waals surface area (Å²) in [6.45, 7) is 6.83. The van der Waals surface area contributed by atoms with Gasteiger partial charge in [0.15, 0.2) is 5.82 Å². The summed E-state index contributed by atoms with van der Waals surface area (Å²) in [7, 11) is 0. The third-order valence-corrected chi connectivity index (χ3v) is 3.19. The van der Waals surface area contributed by atoms with Crippen molar-refractivity contribution in [3.8, 4) is 0 Å². The summed E-state index contributed by atoms with van der Waals surface area (Å²) in [5, 5.41) is 15.4. The predicted molar refractivity (Wildman–Crippen MR) is 65.1 cm³/mol. The summed E-state index contributed by atoms with van der Waals surface area (Å²) < 4.78 is 4.81. The molecule has 0 aliphatic heterocycles. The molecule has 0 aromatic carbocycles. The lowest BCUT2D eigenvalue weighted by Crippen LogP contribution is -2.37. The lowest BCUT2D eigenvalue weighted by atomic mass is 9.76. The minimum Gasteiger partial charge on any atom is -0.481 e. The fourth-order valence-electron chi connectivity index (χ4n) is 1.47. The van der Waals surface area contributed by atoms with Crippen molar-refractivity contribution in [2.75, 3.05) is 5.32 Å². The summed E-state index contributed by atoms with van der Waals surface area (Å²) in [6.07, 6.45) is -0.105. The number of aliphatic carboxylic acids is 1. The maximum Gasteiger partial charge on any atom is 0.310 e. The van der Waals surface area contributed by atoms with Gasteiger partial charge in [0.05, 0.1) is 5.41 Å². The Hall–Kier alpha value is -1.85. The van der Waals surface area contributed by atoms with E-state index in [4.69, 9.17) is 4.52 Å². The molecule has 0 spiro atoms. The molecule has 0 aliphatic rings. The zero-order chi connectivity index (χ0) is 13.9.